The summed E-state index contributed by atoms with van der Waals surface area (Å²) in [5.41, 5.74) is 2.06. The average molecular weight is 363 g/mol. The number of rotatable bonds is 8. The summed E-state index contributed by atoms with van der Waals surface area (Å²) in [5, 5.41) is 5.99. The molecule has 0 spiro atoms. The van der Waals surface area contributed by atoms with Crippen LogP contribution in [0.15, 0.2) is 18.2 Å². The first-order valence-corrected chi connectivity index (χ1v) is 9.07. The first-order valence-electron chi connectivity index (χ1n) is 9.07. The van der Waals surface area contributed by atoms with Gasteiger partial charge in [-0.3, -0.25) is 14.5 Å². The lowest BCUT2D eigenvalue weighted by molar-refractivity contribution is -0.148. The van der Waals surface area contributed by atoms with E-state index in [4.69, 9.17) is 9.47 Å². The molecule has 1 saturated heterocycles. The molecule has 1 aromatic rings. The zero-order valence-corrected chi connectivity index (χ0v) is 15.8. The van der Waals surface area contributed by atoms with E-state index in [9.17, 15) is 9.59 Å². The molecule has 7 heteroatoms. The van der Waals surface area contributed by atoms with Crippen LogP contribution in [0.1, 0.15) is 29.8 Å². The molecular formula is C19H29N3O4. The Morgan fingerprint density at radius 3 is 2.65 bits per heavy atom. The summed E-state index contributed by atoms with van der Waals surface area (Å²) < 4.78 is 10.6. The van der Waals surface area contributed by atoms with E-state index in [2.05, 4.69) is 15.5 Å². The Bertz CT molecular complexity index is 613. The van der Waals surface area contributed by atoms with Crippen LogP contribution in [0.3, 0.4) is 0 Å². The SMILES string of the molecule is CNc1ccc(COC(=O)C(C)C)c(C(=O)NCCN2CCOCC2)c1. The van der Waals surface area contributed by atoms with Gasteiger partial charge in [0.25, 0.3) is 5.91 Å². The second-order valence-corrected chi connectivity index (χ2v) is 6.59. The Morgan fingerprint density at radius 2 is 2.00 bits per heavy atom. The van der Waals surface area contributed by atoms with Gasteiger partial charge < -0.3 is 20.1 Å². The molecular weight excluding hydrogens is 334 g/mol. The number of benzene rings is 1. The largest absolute Gasteiger partial charge is 0.461 e. The first-order chi connectivity index (χ1) is 12.5. The minimum atomic E-state index is -0.277. The molecule has 1 heterocycles. The fourth-order valence-electron chi connectivity index (χ4n) is 2.63. The van der Waals surface area contributed by atoms with Crippen molar-refractivity contribution < 1.29 is 19.1 Å². The fourth-order valence-corrected chi connectivity index (χ4v) is 2.63. The highest BCUT2D eigenvalue weighted by Crippen LogP contribution is 2.17. The monoisotopic (exact) mass is 363 g/mol. The molecule has 0 aromatic heterocycles. The summed E-state index contributed by atoms with van der Waals surface area (Å²) >= 11 is 0. The second-order valence-electron chi connectivity index (χ2n) is 6.59. The predicted molar refractivity (Wildman–Crippen MR) is 100 cm³/mol. The number of amides is 1. The van der Waals surface area contributed by atoms with E-state index in [1.54, 1.807) is 27.0 Å². The normalized spacial score (nSPS) is 14.9. The topological polar surface area (TPSA) is 79.9 Å². The van der Waals surface area contributed by atoms with Gasteiger partial charge in [0.1, 0.15) is 6.61 Å². The molecule has 1 amide bonds. The van der Waals surface area contributed by atoms with Crippen LogP contribution in [0.25, 0.3) is 0 Å². The van der Waals surface area contributed by atoms with Gasteiger partial charge in [0, 0.05) is 50.0 Å². The van der Waals surface area contributed by atoms with Crippen LogP contribution in [0.5, 0.6) is 0 Å². The van der Waals surface area contributed by atoms with Gasteiger partial charge in [-0.2, -0.15) is 0 Å². The zero-order valence-electron chi connectivity index (χ0n) is 15.8. The maximum atomic E-state index is 12.6. The number of esters is 1. The van der Waals surface area contributed by atoms with Gasteiger partial charge >= 0.3 is 5.97 Å². The number of hydrogen-bond donors (Lipinski definition) is 2. The van der Waals surface area contributed by atoms with E-state index in [1.807, 2.05) is 12.1 Å². The highest BCUT2D eigenvalue weighted by atomic mass is 16.5. The summed E-state index contributed by atoms with van der Waals surface area (Å²) in [6.45, 7) is 8.27. The molecule has 1 aromatic carbocycles. The quantitative estimate of drug-likeness (QED) is 0.681. The summed E-state index contributed by atoms with van der Waals surface area (Å²) in [6, 6.07) is 5.46. The zero-order chi connectivity index (χ0) is 18.9. The van der Waals surface area contributed by atoms with Crippen molar-refractivity contribution in [2.75, 3.05) is 51.8 Å². The number of nitrogens with one attached hydrogen (secondary N) is 2. The molecule has 0 saturated carbocycles. The van der Waals surface area contributed by atoms with Crippen molar-refractivity contribution in [1.82, 2.24) is 10.2 Å². The molecule has 0 atom stereocenters. The molecule has 7 nitrogen and oxygen atoms in total. The van der Waals surface area contributed by atoms with Crippen molar-refractivity contribution >= 4 is 17.6 Å². The van der Waals surface area contributed by atoms with E-state index in [1.165, 1.54) is 0 Å². The van der Waals surface area contributed by atoms with E-state index in [0.717, 1.165) is 38.5 Å². The van der Waals surface area contributed by atoms with Crippen LogP contribution in [0, 0.1) is 5.92 Å². The Morgan fingerprint density at radius 1 is 1.27 bits per heavy atom. The van der Waals surface area contributed by atoms with Crippen LogP contribution in [-0.4, -0.2) is 63.2 Å². The highest BCUT2D eigenvalue weighted by Gasteiger charge is 2.16. The van der Waals surface area contributed by atoms with Crippen molar-refractivity contribution in [3.05, 3.63) is 29.3 Å². The van der Waals surface area contributed by atoms with Gasteiger partial charge in [0.2, 0.25) is 0 Å². The first kappa shape index (κ1) is 20.2. The molecule has 0 bridgehead atoms. The number of morpholine rings is 1. The maximum Gasteiger partial charge on any atom is 0.308 e. The number of hydrogen-bond acceptors (Lipinski definition) is 6. The highest BCUT2D eigenvalue weighted by molar-refractivity contribution is 5.96. The van der Waals surface area contributed by atoms with Crippen LogP contribution >= 0.6 is 0 Å². The van der Waals surface area contributed by atoms with E-state index in [-0.39, 0.29) is 24.4 Å². The standard InChI is InChI=1S/C19H29N3O4/c1-14(2)19(24)26-13-15-4-5-16(20-3)12-17(15)18(23)21-6-7-22-8-10-25-11-9-22/h4-5,12,14,20H,6-11,13H2,1-3H3,(H,21,23). The summed E-state index contributed by atoms with van der Waals surface area (Å²) in [5.74, 6) is -0.635. The van der Waals surface area contributed by atoms with Gasteiger partial charge in [0.15, 0.2) is 0 Å². The molecule has 2 rings (SSSR count). The van der Waals surface area contributed by atoms with Crippen molar-refractivity contribution in [2.45, 2.75) is 20.5 Å². The van der Waals surface area contributed by atoms with Crippen LogP contribution in [-0.2, 0) is 20.9 Å². The van der Waals surface area contributed by atoms with Gasteiger partial charge in [-0.15, -0.1) is 0 Å². The number of carbonyl (C=O) groups is 2. The maximum absolute atomic E-state index is 12.6. The average Bonchev–Trinajstić information content (AvgIpc) is 2.66. The molecule has 1 aliphatic heterocycles. The van der Waals surface area contributed by atoms with Crippen molar-refractivity contribution in [3.63, 3.8) is 0 Å². The Labute approximate surface area is 155 Å². The summed E-state index contributed by atoms with van der Waals surface area (Å²) in [6.07, 6.45) is 0. The van der Waals surface area contributed by atoms with Crippen LogP contribution in [0.4, 0.5) is 5.69 Å². The Balaban J connectivity index is 1.97. The van der Waals surface area contributed by atoms with Gasteiger partial charge in [0.05, 0.1) is 19.1 Å². The number of nitrogens with zero attached hydrogens (tertiary/aromatic N) is 1. The lowest BCUT2D eigenvalue weighted by Crippen LogP contribution is -2.41. The van der Waals surface area contributed by atoms with E-state index >= 15 is 0 Å². The number of carbonyl (C=O) groups excluding carboxylic acids is 2. The smallest absolute Gasteiger partial charge is 0.308 e. The van der Waals surface area contributed by atoms with Crippen molar-refractivity contribution in [2.24, 2.45) is 5.92 Å². The second kappa shape index (κ2) is 10.1. The third-order valence-electron chi connectivity index (χ3n) is 4.30. The van der Waals surface area contributed by atoms with Gasteiger partial charge in [-0.05, 0) is 12.1 Å². The van der Waals surface area contributed by atoms with Gasteiger partial charge in [-0.1, -0.05) is 19.9 Å². The molecule has 26 heavy (non-hydrogen) atoms. The summed E-state index contributed by atoms with van der Waals surface area (Å²) in [7, 11) is 1.80. The minimum absolute atomic E-state index is 0.0905. The molecule has 2 N–H and O–H groups in total. The minimum Gasteiger partial charge on any atom is -0.461 e. The van der Waals surface area contributed by atoms with Gasteiger partial charge in [-0.25, -0.2) is 0 Å². The Hall–Kier alpha value is -2.12. The lowest BCUT2D eigenvalue weighted by Gasteiger charge is -2.26. The molecule has 1 fully saturated rings. The molecule has 0 aliphatic carbocycles. The third kappa shape index (κ3) is 6.00. The van der Waals surface area contributed by atoms with Crippen LogP contribution in [0.2, 0.25) is 0 Å². The molecule has 1 aliphatic rings. The fraction of sp³-hybridized carbons (Fsp3) is 0.579. The molecule has 0 radical (unpaired) electrons. The lowest BCUT2D eigenvalue weighted by atomic mass is 10.1. The predicted octanol–water partition coefficient (Wildman–Crippen LogP) is 1.49. The molecule has 144 valence electrons. The molecule has 0 unspecified atom stereocenters. The van der Waals surface area contributed by atoms with Crippen molar-refractivity contribution in [1.29, 1.82) is 0 Å². The van der Waals surface area contributed by atoms with E-state index < -0.39 is 0 Å². The Kier molecular flexibility index (Phi) is 7.87. The van der Waals surface area contributed by atoms with Crippen molar-refractivity contribution in [3.8, 4) is 0 Å². The number of anilines is 1. The third-order valence-corrected chi connectivity index (χ3v) is 4.30. The van der Waals surface area contributed by atoms with Crippen LogP contribution < -0.4 is 10.6 Å². The van der Waals surface area contributed by atoms with E-state index in [0.29, 0.717) is 17.7 Å². The number of ether oxygens (including phenoxy) is 2. The summed E-state index contributed by atoms with van der Waals surface area (Å²) in [4.78, 5) is 26.6.